The molecule has 1 aliphatic heterocycles. The van der Waals surface area contributed by atoms with Crippen molar-refractivity contribution in [3.63, 3.8) is 0 Å². The first kappa shape index (κ1) is 30.4. The lowest BCUT2D eigenvalue weighted by atomic mass is 10.0. The number of amides is 3. The predicted octanol–water partition coefficient (Wildman–Crippen LogP) is 2.99. The summed E-state index contributed by atoms with van der Waals surface area (Å²) in [5, 5.41) is 15.4. The lowest BCUT2D eigenvalue weighted by Gasteiger charge is -2.33. The van der Waals surface area contributed by atoms with Crippen molar-refractivity contribution in [1.29, 1.82) is 0 Å². The van der Waals surface area contributed by atoms with Crippen LogP contribution in [0.4, 0.5) is 10.5 Å². The largest absolute Gasteiger partial charge is 0.488 e. The SMILES string of the molecule is Cc1ccc(S(=O)(=O)N(C)C[C@@H]2Oc3ccc(NC(=O)NC(C)C)cc3CC(=O)N([C@H](C)CO)C[C@@H]2C)cc1. The second-order valence-electron chi connectivity index (χ2n) is 10.6. The Balaban J connectivity index is 1.95. The van der Waals surface area contributed by atoms with Gasteiger partial charge in [-0.2, -0.15) is 4.31 Å². The molecule has 3 rings (SSSR count). The van der Waals surface area contributed by atoms with Gasteiger partial charge in [0.05, 0.1) is 30.5 Å². The number of fused-ring (bicyclic) bond motifs is 1. The Morgan fingerprint density at radius 1 is 1.18 bits per heavy atom. The van der Waals surface area contributed by atoms with E-state index in [2.05, 4.69) is 10.6 Å². The highest BCUT2D eigenvalue weighted by molar-refractivity contribution is 7.89. The van der Waals surface area contributed by atoms with Gasteiger partial charge in [-0.25, -0.2) is 13.2 Å². The molecular formula is C28H40N4O6S. The normalized spacial score (nSPS) is 19.0. The van der Waals surface area contributed by atoms with Crippen LogP contribution in [-0.2, 0) is 21.2 Å². The Hall–Kier alpha value is -3.15. The fourth-order valence-corrected chi connectivity index (χ4v) is 5.58. The number of sulfonamides is 1. The Morgan fingerprint density at radius 2 is 1.85 bits per heavy atom. The van der Waals surface area contributed by atoms with Crippen molar-refractivity contribution in [2.24, 2.45) is 5.92 Å². The van der Waals surface area contributed by atoms with E-state index in [9.17, 15) is 23.1 Å². The summed E-state index contributed by atoms with van der Waals surface area (Å²) in [6.07, 6.45) is -0.603. The van der Waals surface area contributed by atoms with E-state index in [1.54, 1.807) is 54.3 Å². The number of nitrogens with one attached hydrogen (secondary N) is 2. The summed E-state index contributed by atoms with van der Waals surface area (Å²) in [4.78, 5) is 27.4. The smallest absolute Gasteiger partial charge is 0.319 e. The van der Waals surface area contributed by atoms with Crippen molar-refractivity contribution < 1.29 is 27.9 Å². The summed E-state index contributed by atoms with van der Waals surface area (Å²) < 4.78 is 34.3. The van der Waals surface area contributed by atoms with E-state index >= 15 is 0 Å². The van der Waals surface area contributed by atoms with Gasteiger partial charge in [0.2, 0.25) is 15.9 Å². The molecule has 0 spiro atoms. The average Bonchev–Trinajstić information content (AvgIpc) is 2.91. The molecule has 2 aromatic rings. The number of rotatable bonds is 8. The van der Waals surface area contributed by atoms with E-state index in [0.717, 1.165) is 5.56 Å². The van der Waals surface area contributed by atoms with Crippen LogP contribution in [0, 0.1) is 12.8 Å². The van der Waals surface area contributed by atoms with Gasteiger partial charge in [-0.3, -0.25) is 4.79 Å². The molecule has 0 aromatic heterocycles. The van der Waals surface area contributed by atoms with Crippen LogP contribution in [0.5, 0.6) is 5.75 Å². The number of benzene rings is 2. The molecule has 0 bridgehead atoms. The Bertz CT molecular complexity index is 1270. The zero-order valence-corrected chi connectivity index (χ0v) is 24.3. The summed E-state index contributed by atoms with van der Waals surface area (Å²) in [7, 11) is -2.27. The maximum atomic E-state index is 13.4. The van der Waals surface area contributed by atoms with Crippen molar-refractivity contribution in [3.8, 4) is 5.75 Å². The van der Waals surface area contributed by atoms with Gasteiger partial charge in [0.1, 0.15) is 11.9 Å². The number of carbonyl (C=O) groups is 2. The van der Waals surface area contributed by atoms with Crippen molar-refractivity contribution in [2.75, 3.05) is 32.1 Å². The number of aryl methyl sites for hydroxylation is 1. The summed E-state index contributed by atoms with van der Waals surface area (Å²) >= 11 is 0. The molecule has 3 N–H and O–H groups in total. The van der Waals surface area contributed by atoms with E-state index in [1.807, 2.05) is 27.7 Å². The first-order chi connectivity index (χ1) is 18.3. The first-order valence-corrected chi connectivity index (χ1v) is 14.6. The summed E-state index contributed by atoms with van der Waals surface area (Å²) in [5.41, 5.74) is 2.01. The van der Waals surface area contributed by atoms with Gasteiger partial charge in [0.15, 0.2) is 0 Å². The fraction of sp³-hybridized carbons (Fsp3) is 0.500. The van der Waals surface area contributed by atoms with Crippen LogP contribution < -0.4 is 15.4 Å². The minimum atomic E-state index is -3.78. The number of likely N-dealkylation sites (N-methyl/N-ethyl adjacent to an activating group) is 1. The van der Waals surface area contributed by atoms with Crippen molar-refractivity contribution in [3.05, 3.63) is 53.6 Å². The Labute approximate surface area is 231 Å². The second kappa shape index (κ2) is 12.8. The minimum Gasteiger partial charge on any atom is -0.488 e. The average molecular weight is 561 g/mol. The first-order valence-electron chi connectivity index (χ1n) is 13.1. The summed E-state index contributed by atoms with van der Waals surface area (Å²) in [5.74, 6) is -0.0212. The van der Waals surface area contributed by atoms with Crippen LogP contribution >= 0.6 is 0 Å². The molecule has 3 amide bonds. The highest BCUT2D eigenvalue weighted by Crippen LogP contribution is 2.30. The third-order valence-corrected chi connectivity index (χ3v) is 8.60. The van der Waals surface area contributed by atoms with E-state index in [0.29, 0.717) is 17.0 Å². The zero-order valence-electron chi connectivity index (χ0n) is 23.5. The number of carbonyl (C=O) groups excluding carboxylic acids is 2. The second-order valence-corrected chi connectivity index (χ2v) is 12.6. The molecule has 0 unspecified atom stereocenters. The number of anilines is 1. The van der Waals surface area contributed by atoms with Crippen LogP contribution in [0.1, 0.15) is 38.8 Å². The molecule has 0 aliphatic carbocycles. The number of aliphatic hydroxyl groups excluding tert-OH is 1. The van der Waals surface area contributed by atoms with Crippen molar-refractivity contribution >= 4 is 27.6 Å². The minimum absolute atomic E-state index is 0.00205. The van der Waals surface area contributed by atoms with Crippen molar-refractivity contribution in [2.45, 2.75) is 64.1 Å². The molecule has 11 heteroatoms. The molecule has 0 fully saturated rings. The maximum Gasteiger partial charge on any atom is 0.319 e. The van der Waals surface area contributed by atoms with Crippen molar-refractivity contribution in [1.82, 2.24) is 14.5 Å². The number of aliphatic hydroxyl groups is 1. The molecule has 0 saturated heterocycles. The molecule has 39 heavy (non-hydrogen) atoms. The third kappa shape index (κ3) is 7.71. The fourth-order valence-electron chi connectivity index (χ4n) is 4.40. The molecule has 214 valence electrons. The standard InChI is InChI=1S/C28H40N4O6S/c1-18(2)29-28(35)30-23-9-12-25-22(13-23)14-27(34)32(21(5)17-33)15-20(4)26(38-25)16-31(6)39(36,37)24-10-7-19(3)8-11-24/h7-13,18,20-21,26,33H,14-17H2,1-6H3,(H2,29,30,35)/t20-,21+,26-/m0/s1. The highest BCUT2D eigenvalue weighted by atomic mass is 32.2. The number of nitrogens with zero attached hydrogens (tertiary/aromatic N) is 2. The summed E-state index contributed by atoms with van der Waals surface area (Å²) in [6.45, 7) is 9.37. The van der Waals surface area contributed by atoms with Crippen LogP contribution in [0.2, 0.25) is 0 Å². The predicted molar refractivity (Wildman–Crippen MR) is 150 cm³/mol. The monoisotopic (exact) mass is 560 g/mol. The Kier molecular flexibility index (Phi) is 9.98. The molecule has 0 saturated carbocycles. The van der Waals surface area contributed by atoms with E-state index in [4.69, 9.17) is 4.74 Å². The third-order valence-electron chi connectivity index (χ3n) is 6.76. The highest BCUT2D eigenvalue weighted by Gasteiger charge is 2.33. The molecule has 1 aliphatic rings. The van der Waals surface area contributed by atoms with E-state index < -0.39 is 22.2 Å². The van der Waals surface area contributed by atoms with E-state index in [-0.39, 0.29) is 54.9 Å². The van der Waals surface area contributed by atoms with Crippen LogP contribution in [0.15, 0.2) is 47.4 Å². The lowest BCUT2D eigenvalue weighted by Crippen LogP contribution is -2.48. The molecular weight excluding hydrogens is 520 g/mol. The van der Waals surface area contributed by atoms with E-state index in [1.165, 1.54) is 11.4 Å². The number of ether oxygens (including phenoxy) is 1. The molecule has 2 aromatic carbocycles. The molecule has 3 atom stereocenters. The number of urea groups is 1. The molecule has 0 radical (unpaired) electrons. The van der Waals surface area contributed by atoms with Gasteiger partial charge >= 0.3 is 6.03 Å². The lowest BCUT2D eigenvalue weighted by molar-refractivity contribution is -0.134. The van der Waals surface area contributed by atoms with Gasteiger partial charge in [0, 0.05) is 36.8 Å². The van der Waals surface area contributed by atoms with Gasteiger partial charge in [-0.1, -0.05) is 24.6 Å². The zero-order chi connectivity index (χ0) is 28.9. The van der Waals surface area contributed by atoms with Crippen LogP contribution in [-0.4, -0.2) is 79.6 Å². The van der Waals surface area contributed by atoms with Crippen LogP contribution in [0.3, 0.4) is 0 Å². The molecule has 1 heterocycles. The van der Waals surface area contributed by atoms with Gasteiger partial charge in [-0.05, 0) is 58.0 Å². The van der Waals surface area contributed by atoms with Gasteiger partial charge in [-0.15, -0.1) is 0 Å². The van der Waals surface area contributed by atoms with Crippen LogP contribution in [0.25, 0.3) is 0 Å². The number of hydrogen-bond donors (Lipinski definition) is 3. The topological polar surface area (TPSA) is 128 Å². The molecule has 10 nitrogen and oxygen atoms in total. The maximum absolute atomic E-state index is 13.4. The number of hydrogen-bond acceptors (Lipinski definition) is 6. The van der Waals surface area contributed by atoms with Gasteiger partial charge in [0.25, 0.3) is 0 Å². The summed E-state index contributed by atoms with van der Waals surface area (Å²) in [6, 6.07) is 10.9. The quantitative estimate of drug-likeness (QED) is 0.455. The Morgan fingerprint density at radius 3 is 2.46 bits per heavy atom. The van der Waals surface area contributed by atoms with Gasteiger partial charge < -0.3 is 25.4 Å².